The van der Waals surface area contributed by atoms with E-state index in [0.717, 1.165) is 18.4 Å². The summed E-state index contributed by atoms with van der Waals surface area (Å²) in [5.74, 6) is -0.161. The Kier molecular flexibility index (Phi) is 5.28. The zero-order valence-electron chi connectivity index (χ0n) is 17.3. The molecule has 9 heteroatoms. The van der Waals surface area contributed by atoms with Crippen LogP contribution in [0.5, 0.6) is 0 Å². The number of allylic oxidation sites excluding steroid dienone is 3. The number of rotatable bonds is 8. The van der Waals surface area contributed by atoms with Crippen LogP contribution in [0.4, 0.5) is 0 Å². The minimum atomic E-state index is -0.974. The lowest BCUT2D eigenvalue weighted by Crippen LogP contribution is -2.25. The van der Waals surface area contributed by atoms with Crippen LogP contribution in [0, 0.1) is 5.92 Å². The second-order valence-electron chi connectivity index (χ2n) is 8.23. The number of aliphatic hydroxyl groups excluding tert-OH is 2. The number of aromatic nitrogens is 3. The van der Waals surface area contributed by atoms with Gasteiger partial charge in [0.1, 0.15) is 18.5 Å². The zero-order valence-corrected chi connectivity index (χ0v) is 17.3. The van der Waals surface area contributed by atoms with Gasteiger partial charge in [0.25, 0.3) is 5.91 Å². The van der Waals surface area contributed by atoms with Crippen molar-refractivity contribution in [3.8, 4) is 0 Å². The average molecular weight is 436 g/mol. The molecule has 1 fully saturated rings. The summed E-state index contributed by atoms with van der Waals surface area (Å²) in [6, 6.07) is 5.58. The lowest BCUT2D eigenvalue weighted by atomic mass is 9.92. The Morgan fingerprint density at radius 1 is 1.34 bits per heavy atom. The van der Waals surface area contributed by atoms with Crippen molar-refractivity contribution in [2.24, 2.45) is 5.92 Å². The Labute approximate surface area is 183 Å². The average Bonchev–Trinajstić information content (AvgIpc) is 3.42. The number of ether oxygens (including phenoxy) is 1. The van der Waals surface area contributed by atoms with Crippen LogP contribution >= 0.6 is 0 Å². The van der Waals surface area contributed by atoms with E-state index in [0.29, 0.717) is 34.5 Å². The van der Waals surface area contributed by atoms with Gasteiger partial charge in [-0.1, -0.05) is 6.08 Å². The highest BCUT2D eigenvalue weighted by atomic mass is 16.5. The highest BCUT2D eigenvalue weighted by Gasteiger charge is 2.26. The number of aliphatic hydroxyl groups is 2. The number of hydrogen-bond donors (Lipinski definition) is 4. The highest BCUT2D eigenvalue weighted by Crippen LogP contribution is 2.26. The lowest BCUT2D eigenvalue weighted by Gasteiger charge is -2.17. The fourth-order valence-corrected chi connectivity index (χ4v) is 3.78. The van der Waals surface area contributed by atoms with E-state index in [1.165, 1.54) is 0 Å². The molecular weight excluding hydrogens is 412 g/mol. The Hall–Kier alpha value is -3.43. The molecule has 3 aromatic rings. The largest absolute Gasteiger partial charge is 0.491 e. The van der Waals surface area contributed by atoms with E-state index in [4.69, 9.17) is 9.84 Å². The van der Waals surface area contributed by atoms with Crippen LogP contribution in [-0.2, 0) is 4.74 Å². The summed E-state index contributed by atoms with van der Waals surface area (Å²) in [7, 11) is 0. The first-order valence-corrected chi connectivity index (χ1v) is 10.7. The van der Waals surface area contributed by atoms with Gasteiger partial charge < -0.3 is 20.3 Å². The Bertz CT molecular complexity index is 1250. The standard InChI is InChI=1S/C23H24N4O5/c28-11-16(29)12-32-17-3-1-2-13(8-17)21(30)18-10-24-27-20-9-14(23(31)25-15-5-6-15)4-7-19(20)26-22(18)27/h1,3-4,7-10,13,15-16,24,28-29H,2,5-6,11-12H2,(H,25,31). The third kappa shape index (κ3) is 3.92. The third-order valence-corrected chi connectivity index (χ3v) is 5.70. The molecule has 0 aliphatic heterocycles. The van der Waals surface area contributed by atoms with Gasteiger partial charge in [0, 0.05) is 23.7 Å². The summed E-state index contributed by atoms with van der Waals surface area (Å²) in [4.78, 5) is 30.2. The van der Waals surface area contributed by atoms with Gasteiger partial charge in [-0.25, -0.2) is 9.50 Å². The predicted octanol–water partition coefficient (Wildman–Crippen LogP) is 1.72. The van der Waals surface area contributed by atoms with Gasteiger partial charge in [0.05, 0.1) is 23.2 Å². The molecule has 1 aromatic carbocycles. The quantitative estimate of drug-likeness (QED) is 0.398. The summed E-state index contributed by atoms with van der Waals surface area (Å²) in [5.41, 5.74) is 2.93. The molecule has 1 saturated carbocycles. The van der Waals surface area contributed by atoms with Gasteiger partial charge in [-0.15, -0.1) is 0 Å². The lowest BCUT2D eigenvalue weighted by molar-refractivity contribution is 0.0322. The first kappa shape index (κ1) is 20.5. The normalized spacial score (nSPS) is 19.2. The zero-order chi connectivity index (χ0) is 22.2. The van der Waals surface area contributed by atoms with Crippen LogP contribution in [0.2, 0.25) is 0 Å². The van der Waals surface area contributed by atoms with Crippen LogP contribution in [0.3, 0.4) is 0 Å². The molecule has 2 aromatic heterocycles. The minimum absolute atomic E-state index is 0.0513. The van der Waals surface area contributed by atoms with Crippen LogP contribution in [0.1, 0.15) is 40.0 Å². The maximum atomic E-state index is 13.2. The molecule has 0 radical (unpaired) electrons. The van der Waals surface area contributed by atoms with Crippen molar-refractivity contribution >= 4 is 28.4 Å². The van der Waals surface area contributed by atoms with Gasteiger partial charge in [0.15, 0.2) is 11.4 Å². The van der Waals surface area contributed by atoms with Gasteiger partial charge >= 0.3 is 0 Å². The molecule has 1 amide bonds. The molecule has 2 atom stereocenters. The Morgan fingerprint density at radius 2 is 2.19 bits per heavy atom. The van der Waals surface area contributed by atoms with Gasteiger partial charge in [0.2, 0.25) is 0 Å². The fourth-order valence-electron chi connectivity index (χ4n) is 3.78. The second kappa shape index (κ2) is 8.25. The van der Waals surface area contributed by atoms with E-state index in [9.17, 15) is 14.7 Å². The number of carbonyl (C=O) groups excluding carboxylic acids is 2. The maximum absolute atomic E-state index is 13.2. The third-order valence-electron chi connectivity index (χ3n) is 5.70. The SMILES string of the molecule is O=C(NC1CC1)c1ccc2nc3c(C(=O)C4C=C(OCC(O)CO)C=CC4)c[nH]n3c2c1. The number of amides is 1. The summed E-state index contributed by atoms with van der Waals surface area (Å²) in [6.45, 7) is -0.442. The van der Waals surface area contributed by atoms with Crippen LogP contribution < -0.4 is 5.32 Å². The number of hydrogen-bond acceptors (Lipinski definition) is 6. The van der Waals surface area contributed by atoms with Crippen molar-refractivity contribution in [3.05, 3.63) is 59.5 Å². The number of ketones is 1. The van der Waals surface area contributed by atoms with Crippen molar-refractivity contribution in [1.82, 2.24) is 19.9 Å². The van der Waals surface area contributed by atoms with Crippen molar-refractivity contribution in [3.63, 3.8) is 0 Å². The van der Waals surface area contributed by atoms with Crippen LogP contribution in [0.25, 0.3) is 16.7 Å². The smallest absolute Gasteiger partial charge is 0.251 e. The molecule has 2 unspecified atom stereocenters. The molecule has 2 heterocycles. The summed E-state index contributed by atoms with van der Waals surface area (Å²) >= 11 is 0. The molecule has 9 nitrogen and oxygen atoms in total. The highest BCUT2D eigenvalue weighted by molar-refractivity contribution is 6.05. The maximum Gasteiger partial charge on any atom is 0.251 e. The Morgan fingerprint density at radius 3 is 2.97 bits per heavy atom. The Balaban J connectivity index is 1.40. The van der Waals surface area contributed by atoms with E-state index < -0.39 is 18.6 Å². The molecule has 5 rings (SSSR count). The van der Waals surface area contributed by atoms with Crippen LogP contribution in [0.15, 0.2) is 48.4 Å². The summed E-state index contributed by atoms with van der Waals surface area (Å²) in [6.07, 6.45) is 8.54. The van der Waals surface area contributed by atoms with Crippen molar-refractivity contribution in [2.45, 2.75) is 31.4 Å². The number of H-pyrrole nitrogens is 1. The number of fused-ring (bicyclic) bond motifs is 3. The number of imidazole rings is 1. The first-order chi connectivity index (χ1) is 15.5. The fraction of sp³-hybridized carbons (Fsp3) is 0.348. The van der Waals surface area contributed by atoms with Crippen molar-refractivity contribution in [1.29, 1.82) is 0 Å². The molecular formula is C23H24N4O5. The summed E-state index contributed by atoms with van der Waals surface area (Å²) < 4.78 is 7.20. The number of carbonyl (C=O) groups is 2. The number of nitrogens with zero attached hydrogens (tertiary/aromatic N) is 2. The van der Waals surface area contributed by atoms with E-state index in [-0.39, 0.29) is 24.3 Å². The number of benzene rings is 1. The van der Waals surface area contributed by atoms with Crippen molar-refractivity contribution < 1.29 is 24.5 Å². The van der Waals surface area contributed by atoms with Gasteiger partial charge in [-0.05, 0) is 49.6 Å². The van der Waals surface area contributed by atoms with E-state index in [1.807, 2.05) is 6.08 Å². The molecule has 4 N–H and O–H groups in total. The van der Waals surface area contributed by atoms with E-state index >= 15 is 0 Å². The van der Waals surface area contributed by atoms with E-state index in [1.54, 1.807) is 41.1 Å². The summed E-state index contributed by atoms with van der Waals surface area (Å²) in [5, 5.41) is 24.4. The van der Waals surface area contributed by atoms with E-state index in [2.05, 4.69) is 15.4 Å². The molecule has 0 spiro atoms. The molecule has 32 heavy (non-hydrogen) atoms. The molecule has 2 aliphatic rings. The van der Waals surface area contributed by atoms with Gasteiger partial charge in [-0.2, -0.15) is 0 Å². The first-order valence-electron chi connectivity index (χ1n) is 10.7. The molecule has 166 valence electrons. The molecule has 2 aliphatic carbocycles. The topological polar surface area (TPSA) is 129 Å². The van der Waals surface area contributed by atoms with Crippen molar-refractivity contribution in [2.75, 3.05) is 13.2 Å². The van der Waals surface area contributed by atoms with Gasteiger partial charge in [-0.3, -0.25) is 14.7 Å². The second-order valence-corrected chi connectivity index (χ2v) is 8.23. The number of nitrogens with one attached hydrogen (secondary N) is 2. The number of aromatic amines is 1. The number of Topliss-reactive ketones (excluding diaryl/α,β-unsaturated/α-hetero) is 1. The monoisotopic (exact) mass is 436 g/mol. The molecule has 0 bridgehead atoms. The predicted molar refractivity (Wildman–Crippen MR) is 116 cm³/mol. The minimum Gasteiger partial charge on any atom is -0.491 e. The van der Waals surface area contributed by atoms with Crippen LogP contribution in [-0.4, -0.2) is 61.9 Å². The molecule has 0 saturated heterocycles.